The molecule has 1 saturated heterocycles. The summed E-state index contributed by atoms with van der Waals surface area (Å²) in [5.41, 5.74) is 1.69. The first-order valence-electron chi connectivity index (χ1n) is 9.57. The van der Waals surface area contributed by atoms with Crippen molar-refractivity contribution in [1.29, 1.82) is 0 Å². The Labute approximate surface area is 154 Å². The predicted octanol–water partition coefficient (Wildman–Crippen LogP) is 2.39. The third-order valence-electron chi connectivity index (χ3n) is 6.05. The smallest absolute Gasteiger partial charge is 0.257 e. The van der Waals surface area contributed by atoms with Crippen molar-refractivity contribution in [3.8, 4) is 0 Å². The molecule has 7 nitrogen and oxygen atoms in total. The monoisotopic (exact) mass is 356 g/mol. The maximum Gasteiger partial charge on any atom is 0.257 e. The number of aryl methyl sites for hydroxylation is 2. The Hall–Kier alpha value is -2.18. The number of likely N-dealkylation sites (tertiary alicyclic amines) is 1. The molecule has 140 valence electrons. The van der Waals surface area contributed by atoms with Crippen molar-refractivity contribution in [3.63, 3.8) is 0 Å². The molecule has 1 aliphatic carbocycles. The zero-order valence-corrected chi connectivity index (χ0v) is 16.1. The second-order valence-electron chi connectivity index (χ2n) is 8.49. The van der Waals surface area contributed by atoms with Gasteiger partial charge in [-0.15, -0.1) is 10.2 Å². The number of carbonyl (C=O) groups excluding carboxylic acids is 1. The van der Waals surface area contributed by atoms with E-state index in [4.69, 9.17) is 0 Å². The molecule has 7 heteroatoms. The van der Waals surface area contributed by atoms with Gasteiger partial charge in [0.15, 0.2) is 0 Å². The van der Waals surface area contributed by atoms with Crippen molar-refractivity contribution in [2.75, 3.05) is 13.1 Å². The van der Waals surface area contributed by atoms with Crippen LogP contribution in [-0.4, -0.2) is 48.4 Å². The summed E-state index contributed by atoms with van der Waals surface area (Å²) in [4.78, 5) is 15.1. The van der Waals surface area contributed by atoms with E-state index in [2.05, 4.69) is 33.7 Å². The Bertz CT molecular complexity index is 816. The summed E-state index contributed by atoms with van der Waals surface area (Å²) < 4.78 is 3.91. The Morgan fingerprint density at radius 1 is 1.38 bits per heavy atom. The Kier molecular flexibility index (Phi) is 4.12. The molecule has 0 radical (unpaired) electrons. The fraction of sp³-hybridized carbons (Fsp3) is 0.684. The first-order chi connectivity index (χ1) is 12.4. The Balaban J connectivity index is 1.62. The molecular weight excluding hydrogens is 328 g/mol. The van der Waals surface area contributed by atoms with E-state index in [1.165, 1.54) is 19.3 Å². The average Bonchev–Trinajstić information content (AvgIpc) is 3.21. The van der Waals surface area contributed by atoms with Crippen LogP contribution in [0.3, 0.4) is 0 Å². The molecule has 26 heavy (non-hydrogen) atoms. The van der Waals surface area contributed by atoms with Crippen molar-refractivity contribution in [2.45, 2.75) is 52.5 Å². The lowest BCUT2D eigenvalue weighted by molar-refractivity contribution is 0.0722. The van der Waals surface area contributed by atoms with E-state index in [-0.39, 0.29) is 17.2 Å². The van der Waals surface area contributed by atoms with Crippen LogP contribution in [-0.2, 0) is 13.6 Å². The normalized spacial score (nSPS) is 21.6. The van der Waals surface area contributed by atoms with Gasteiger partial charge in [0, 0.05) is 38.8 Å². The van der Waals surface area contributed by atoms with Crippen molar-refractivity contribution in [1.82, 2.24) is 29.4 Å². The standard InChI is InChI=1S/C19H28N6O/c1-13(2)8-25-12-20-21-17(25)16-10-24(11-19(16)6-5-7-19)18(26)15-9-23(4)22-14(15)3/h9,12-13,16H,5-8,10-11H2,1-4H3. The van der Waals surface area contributed by atoms with Crippen LogP contribution in [0, 0.1) is 18.3 Å². The van der Waals surface area contributed by atoms with E-state index in [0.717, 1.165) is 31.2 Å². The minimum absolute atomic E-state index is 0.0966. The largest absolute Gasteiger partial charge is 0.337 e. The van der Waals surface area contributed by atoms with E-state index in [1.807, 2.05) is 31.4 Å². The summed E-state index contributed by atoms with van der Waals surface area (Å²) in [6, 6.07) is 0. The topological polar surface area (TPSA) is 68.8 Å². The summed E-state index contributed by atoms with van der Waals surface area (Å²) in [6.45, 7) is 8.78. The van der Waals surface area contributed by atoms with Gasteiger partial charge in [0.2, 0.25) is 0 Å². The van der Waals surface area contributed by atoms with Gasteiger partial charge in [-0.1, -0.05) is 20.3 Å². The van der Waals surface area contributed by atoms with Gasteiger partial charge in [0.25, 0.3) is 5.91 Å². The molecule has 1 amide bonds. The number of nitrogens with zero attached hydrogens (tertiary/aromatic N) is 6. The summed E-state index contributed by atoms with van der Waals surface area (Å²) in [6.07, 6.45) is 7.25. The molecule has 0 N–H and O–H groups in total. The fourth-order valence-electron chi connectivity index (χ4n) is 4.66. The van der Waals surface area contributed by atoms with Crippen LogP contribution in [0.2, 0.25) is 0 Å². The van der Waals surface area contributed by atoms with Gasteiger partial charge < -0.3 is 9.47 Å². The molecule has 3 heterocycles. The summed E-state index contributed by atoms with van der Waals surface area (Å²) in [7, 11) is 1.86. The van der Waals surface area contributed by atoms with Gasteiger partial charge in [-0.25, -0.2) is 0 Å². The second-order valence-corrected chi connectivity index (χ2v) is 8.49. The lowest BCUT2D eigenvalue weighted by Crippen LogP contribution is -2.38. The van der Waals surface area contributed by atoms with Crippen molar-refractivity contribution in [2.24, 2.45) is 18.4 Å². The highest BCUT2D eigenvalue weighted by Crippen LogP contribution is 2.55. The van der Waals surface area contributed by atoms with Crippen LogP contribution in [0.5, 0.6) is 0 Å². The van der Waals surface area contributed by atoms with Crippen LogP contribution in [0.15, 0.2) is 12.5 Å². The predicted molar refractivity (Wildman–Crippen MR) is 97.7 cm³/mol. The molecule has 1 spiro atoms. The minimum atomic E-state index is 0.0966. The van der Waals surface area contributed by atoms with Gasteiger partial charge in [-0.05, 0) is 31.1 Å². The Morgan fingerprint density at radius 3 is 2.73 bits per heavy atom. The molecular formula is C19H28N6O. The quantitative estimate of drug-likeness (QED) is 0.843. The zero-order chi connectivity index (χ0) is 18.5. The molecule has 1 atom stereocenters. The van der Waals surface area contributed by atoms with Gasteiger partial charge in [-0.2, -0.15) is 5.10 Å². The number of rotatable bonds is 4. The van der Waals surface area contributed by atoms with E-state index < -0.39 is 0 Å². The van der Waals surface area contributed by atoms with Gasteiger partial charge in [0.1, 0.15) is 12.2 Å². The Morgan fingerprint density at radius 2 is 2.15 bits per heavy atom. The van der Waals surface area contributed by atoms with Crippen molar-refractivity contribution in [3.05, 3.63) is 29.6 Å². The molecule has 2 aliphatic rings. The molecule has 1 aliphatic heterocycles. The first kappa shape index (κ1) is 17.2. The number of hydrogen-bond acceptors (Lipinski definition) is 4. The van der Waals surface area contributed by atoms with Crippen LogP contribution in [0.25, 0.3) is 0 Å². The SMILES string of the molecule is Cc1nn(C)cc1C(=O)N1CC(c2nncn2CC(C)C)C2(CCC2)C1. The van der Waals surface area contributed by atoms with Crippen molar-refractivity contribution < 1.29 is 4.79 Å². The number of hydrogen-bond donors (Lipinski definition) is 0. The van der Waals surface area contributed by atoms with Crippen LogP contribution in [0.4, 0.5) is 0 Å². The van der Waals surface area contributed by atoms with Gasteiger partial charge in [-0.3, -0.25) is 9.48 Å². The summed E-state index contributed by atoms with van der Waals surface area (Å²) >= 11 is 0. The first-order valence-corrected chi connectivity index (χ1v) is 9.57. The van der Waals surface area contributed by atoms with Gasteiger partial charge in [0.05, 0.1) is 11.3 Å². The molecule has 2 fully saturated rings. The van der Waals surface area contributed by atoms with E-state index in [9.17, 15) is 4.79 Å². The number of amides is 1. The molecule has 1 saturated carbocycles. The maximum absolute atomic E-state index is 13.1. The van der Waals surface area contributed by atoms with Crippen LogP contribution >= 0.6 is 0 Å². The fourth-order valence-corrected chi connectivity index (χ4v) is 4.66. The molecule has 2 aromatic rings. The third kappa shape index (κ3) is 2.73. The number of aromatic nitrogens is 5. The lowest BCUT2D eigenvalue weighted by Gasteiger charge is -2.42. The maximum atomic E-state index is 13.1. The molecule has 1 unspecified atom stereocenters. The molecule has 0 aromatic carbocycles. The van der Waals surface area contributed by atoms with E-state index in [0.29, 0.717) is 11.5 Å². The lowest BCUT2D eigenvalue weighted by atomic mass is 9.62. The van der Waals surface area contributed by atoms with Crippen LogP contribution in [0.1, 0.15) is 60.9 Å². The molecule has 4 rings (SSSR count). The third-order valence-corrected chi connectivity index (χ3v) is 6.05. The molecule has 2 aromatic heterocycles. The van der Waals surface area contributed by atoms with E-state index in [1.54, 1.807) is 4.68 Å². The van der Waals surface area contributed by atoms with Gasteiger partial charge >= 0.3 is 0 Å². The minimum Gasteiger partial charge on any atom is -0.337 e. The summed E-state index contributed by atoms with van der Waals surface area (Å²) in [5, 5.41) is 13.0. The van der Waals surface area contributed by atoms with E-state index >= 15 is 0 Å². The summed E-state index contributed by atoms with van der Waals surface area (Å²) in [5.74, 6) is 1.97. The average molecular weight is 356 g/mol. The molecule has 0 bridgehead atoms. The highest BCUT2D eigenvalue weighted by molar-refractivity contribution is 5.95. The zero-order valence-electron chi connectivity index (χ0n) is 16.1. The second kappa shape index (κ2) is 6.21. The van der Waals surface area contributed by atoms with Crippen molar-refractivity contribution >= 4 is 5.91 Å². The highest BCUT2D eigenvalue weighted by atomic mass is 16.2. The van der Waals surface area contributed by atoms with Crippen LogP contribution < -0.4 is 0 Å². The number of carbonyl (C=O) groups is 1. The highest BCUT2D eigenvalue weighted by Gasteiger charge is 2.53.